The summed E-state index contributed by atoms with van der Waals surface area (Å²) in [5, 5.41) is 13.9. The zero-order valence-electron chi connectivity index (χ0n) is 15.3. The van der Waals surface area contributed by atoms with Crippen molar-refractivity contribution in [3.05, 3.63) is 38.3 Å². The number of carbonyl (C=O) groups excluding carboxylic acids is 1. The molecule has 2 aromatic rings. The van der Waals surface area contributed by atoms with E-state index in [1.165, 1.54) is 13.1 Å². The van der Waals surface area contributed by atoms with Crippen LogP contribution in [0.5, 0.6) is 0 Å². The second-order valence-corrected chi connectivity index (χ2v) is 4.02. The van der Waals surface area contributed by atoms with Crippen LogP contribution in [0, 0.1) is 10.1 Å². The second kappa shape index (κ2) is 10.7. The number of anilines is 1. The molecule has 0 bridgehead atoms. The fraction of sp³-hybridized carbons (Fsp3) is 0.438. The Kier molecular flexibility index (Phi) is 9.46. The summed E-state index contributed by atoms with van der Waals surface area (Å²) in [5.74, 6) is -0.797. The summed E-state index contributed by atoms with van der Waals surface area (Å²) in [6.07, 6.45) is 1.04. The molecule has 0 atom stereocenters. The number of aromatic amines is 1. The molecule has 2 N–H and O–H groups in total. The Morgan fingerprint density at radius 1 is 1.36 bits per heavy atom. The Labute approximate surface area is 145 Å². The van der Waals surface area contributed by atoms with Crippen molar-refractivity contribution in [2.24, 2.45) is 0 Å². The van der Waals surface area contributed by atoms with Crippen molar-refractivity contribution in [3.8, 4) is 0 Å². The van der Waals surface area contributed by atoms with Crippen molar-refractivity contribution in [2.75, 3.05) is 19.0 Å². The molecule has 0 radical (unpaired) electrons. The maximum atomic E-state index is 11.8. The maximum Gasteiger partial charge on any atom is 0.343 e. The molecular weight excluding hydrogens is 328 g/mol. The van der Waals surface area contributed by atoms with Gasteiger partial charge in [0.25, 0.3) is 5.56 Å². The van der Waals surface area contributed by atoms with Crippen molar-refractivity contribution in [1.29, 1.82) is 0 Å². The van der Waals surface area contributed by atoms with Crippen LogP contribution in [0.2, 0.25) is 0 Å². The normalized spacial score (nSPS) is 9.20. The van der Waals surface area contributed by atoms with Crippen LogP contribution >= 0.6 is 0 Å². The van der Waals surface area contributed by atoms with Gasteiger partial charge in [-0.05, 0) is 13.0 Å². The van der Waals surface area contributed by atoms with E-state index in [4.69, 9.17) is 4.74 Å². The Morgan fingerprint density at radius 3 is 2.44 bits per heavy atom. The van der Waals surface area contributed by atoms with Gasteiger partial charge in [0.05, 0.1) is 11.5 Å². The van der Waals surface area contributed by atoms with Gasteiger partial charge in [0.2, 0.25) is 0 Å². The molecule has 2 aromatic heterocycles. The average Bonchev–Trinajstić information content (AvgIpc) is 2.63. The standard InChI is InChI=1S/C12H12N4O5.2C2H6/c1-3-21-12(18)7-4-6-9(13-2)8(16(19)20)5-14-10(6)15-11(7)17;2*1-2/h4-5H,3H2,1-2H3,(H2,13,14,15,17);2*1-2H3. The van der Waals surface area contributed by atoms with Gasteiger partial charge in [-0.3, -0.25) is 14.9 Å². The fourth-order valence-electron chi connectivity index (χ4n) is 1.90. The minimum Gasteiger partial charge on any atom is -0.462 e. The van der Waals surface area contributed by atoms with Gasteiger partial charge in [-0.1, -0.05) is 27.7 Å². The first-order valence-electron chi connectivity index (χ1n) is 8.04. The predicted octanol–water partition coefficient (Wildman–Crippen LogP) is 3.10. The molecule has 0 aliphatic heterocycles. The molecule has 0 spiro atoms. The van der Waals surface area contributed by atoms with Crippen LogP contribution in [0.25, 0.3) is 11.0 Å². The Balaban J connectivity index is 0.00000134. The van der Waals surface area contributed by atoms with Gasteiger partial charge in [-0.25, -0.2) is 9.78 Å². The van der Waals surface area contributed by atoms with E-state index in [9.17, 15) is 19.7 Å². The number of H-pyrrole nitrogens is 1. The Morgan fingerprint density at radius 2 is 1.96 bits per heavy atom. The number of aromatic nitrogens is 2. The number of pyridine rings is 2. The number of hydrogen-bond acceptors (Lipinski definition) is 7. The molecule has 0 aromatic carbocycles. The molecule has 0 aliphatic carbocycles. The molecular formula is C16H24N4O5. The number of carbonyl (C=O) groups is 1. The van der Waals surface area contributed by atoms with E-state index in [2.05, 4.69) is 15.3 Å². The summed E-state index contributed by atoms with van der Waals surface area (Å²) in [6, 6.07) is 1.23. The number of nitrogens with zero attached hydrogens (tertiary/aromatic N) is 2. The lowest BCUT2D eigenvalue weighted by molar-refractivity contribution is -0.384. The highest BCUT2D eigenvalue weighted by atomic mass is 16.6. The molecule has 2 heterocycles. The molecule has 0 saturated carbocycles. The summed E-state index contributed by atoms with van der Waals surface area (Å²) in [5.41, 5.74) is -0.853. The molecule has 25 heavy (non-hydrogen) atoms. The van der Waals surface area contributed by atoms with E-state index in [-0.39, 0.29) is 34.6 Å². The van der Waals surface area contributed by atoms with Crippen molar-refractivity contribution in [2.45, 2.75) is 34.6 Å². The minimum absolute atomic E-state index is 0.113. The number of hydrogen-bond donors (Lipinski definition) is 2. The molecule has 9 nitrogen and oxygen atoms in total. The van der Waals surface area contributed by atoms with Crippen molar-refractivity contribution in [3.63, 3.8) is 0 Å². The fourth-order valence-corrected chi connectivity index (χ4v) is 1.90. The first-order chi connectivity index (χ1) is 12.0. The van der Waals surface area contributed by atoms with E-state index in [1.54, 1.807) is 6.92 Å². The number of esters is 1. The molecule has 0 amide bonds. The summed E-state index contributed by atoms with van der Waals surface area (Å²) in [7, 11) is 1.50. The zero-order chi connectivity index (χ0) is 19.6. The van der Waals surface area contributed by atoms with Crippen LogP contribution in [0.15, 0.2) is 17.1 Å². The van der Waals surface area contributed by atoms with Crippen LogP contribution in [-0.4, -0.2) is 34.5 Å². The van der Waals surface area contributed by atoms with Crippen molar-refractivity contribution in [1.82, 2.24) is 9.97 Å². The molecule has 138 valence electrons. The third-order valence-corrected chi connectivity index (χ3v) is 2.80. The summed E-state index contributed by atoms with van der Waals surface area (Å²) >= 11 is 0. The molecule has 0 aliphatic rings. The number of ether oxygens (including phenoxy) is 1. The van der Waals surface area contributed by atoms with Crippen LogP contribution in [0.3, 0.4) is 0 Å². The van der Waals surface area contributed by atoms with Crippen molar-refractivity contribution < 1.29 is 14.5 Å². The van der Waals surface area contributed by atoms with Gasteiger partial charge in [-0.15, -0.1) is 0 Å². The van der Waals surface area contributed by atoms with E-state index >= 15 is 0 Å². The number of fused-ring (bicyclic) bond motifs is 1. The van der Waals surface area contributed by atoms with E-state index in [0.29, 0.717) is 0 Å². The van der Waals surface area contributed by atoms with Gasteiger partial charge in [0.15, 0.2) is 0 Å². The van der Waals surface area contributed by atoms with E-state index in [1.807, 2.05) is 27.7 Å². The summed E-state index contributed by atoms with van der Waals surface area (Å²) < 4.78 is 4.78. The van der Waals surface area contributed by atoms with Gasteiger partial charge >= 0.3 is 11.7 Å². The van der Waals surface area contributed by atoms with E-state index < -0.39 is 16.5 Å². The lowest BCUT2D eigenvalue weighted by atomic mass is 10.1. The Hall–Kier alpha value is -2.97. The lowest BCUT2D eigenvalue weighted by Crippen LogP contribution is -2.20. The monoisotopic (exact) mass is 352 g/mol. The van der Waals surface area contributed by atoms with Crippen LogP contribution < -0.4 is 10.9 Å². The lowest BCUT2D eigenvalue weighted by Gasteiger charge is -2.07. The highest BCUT2D eigenvalue weighted by Gasteiger charge is 2.20. The minimum atomic E-state index is -0.797. The first kappa shape index (κ1) is 22.0. The molecule has 9 heteroatoms. The van der Waals surface area contributed by atoms with Gasteiger partial charge in [-0.2, -0.15) is 0 Å². The van der Waals surface area contributed by atoms with Gasteiger partial charge in [0, 0.05) is 12.4 Å². The Bertz CT molecular complexity index is 786. The third-order valence-electron chi connectivity index (χ3n) is 2.80. The SMILES string of the molecule is CC.CC.CCOC(=O)c1cc2c(NC)c([N+](=O)[O-])cnc2[nH]c1=O. The number of rotatable bonds is 4. The van der Waals surface area contributed by atoms with E-state index in [0.717, 1.165) is 6.20 Å². The highest BCUT2D eigenvalue weighted by molar-refractivity contribution is 5.99. The van der Waals surface area contributed by atoms with Crippen molar-refractivity contribution >= 4 is 28.4 Å². The van der Waals surface area contributed by atoms with Crippen LogP contribution in [0.4, 0.5) is 11.4 Å². The molecule has 0 unspecified atom stereocenters. The van der Waals surface area contributed by atoms with Gasteiger partial charge in [0.1, 0.15) is 23.1 Å². The molecule has 0 saturated heterocycles. The second-order valence-electron chi connectivity index (χ2n) is 4.02. The largest absolute Gasteiger partial charge is 0.462 e. The average molecular weight is 352 g/mol. The maximum absolute atomic E-state index is 11.8. The predicted molar refractivity (Wildman–Crippen MR) is 97.2 cm³/mol. The molecule has 2 rings (SSSR count). The van der Waals surface area contributed by atoms with Crippen LogP contribution in [-0.2, 0) is 4.74 Å². The quantitative estimate of drug-likeness (QED) is 0.491. The summed E-state index contributed by atoms with van der Waals surface area (Å²) in [6.45, 7) is 9.72. The van der Waals surface area contributed by atoms with Gasteiger partial charge < -0.3 is 15.0 Å². The molecule has 0 fully saturated rings. The topological polar surface area (TPSA) is 127 Å². The smallest absolute Gasteiger partial charge is 0.343 e. The number of nitro groups is 1. The number of nitrogens with one attached hydrogen (secondary N) is 2. The highest BCUT2D eigenvalue weighted by Crippen LogP contribution is 2.30. The first-order valence-corrected chi connectivity index (χ1v) is 8.04. The third kappa shape index (κ3) is 5.00. The zero-order valence-corrected chi connectivity index (χ0v) is 15.3. The summed E-state index contributed by atoms with van der Waals surface area (Å²) in [4.78, 5) is 40.1. The van der Waals surface area contributed by atoms with Crippen LogP contribution in [0.1, 0.15) is 45.0 Å².